The first kappa shape index (κ1) is 23.0. The minimum atomic E-state index is -3.99. The summed E-state index contributed by atoms with van der Waals surface area (Å²) in [6.45, 7) is 0.286. The first-order valence-electron chi connectivity index (χ1n) is 10.3. The molecule has 0 saturated carbocycles. The highest BCUT2D eigenvalue weighted by Gasteiger charge is 2.32. The van der Waals surface area contributed by atoms with Crippen LogP contribution in [-0.4, -0.2) is 41.3 Å². The summed E-state index contributed by atoms with van der Waals surface area (Å²) < 4.78 is 69.0. The van der Waals surface area contributed by atoms with Gasteiger partial charge in [-0.25, -0.2) is 26.6 Å². The highest BCUT2D eigenvalue weighted by atomic mass is 32.2. The molecule has 0 unspecified atom stereocenters. The van der Waals surface area contributed by atoms with Crippen molar-refractivity contribution in [2.24, 2.45) is 5.92 Å². The van der Waals surface area contributed by atoms with Crippen LogP contribution in [-0.2, 0) is 21.4 Å². The van der Waals surface area contributed by atoms with Crippen molar-refractivity contribution in [2.45, 2.75) is 24.3 Å². The van der Waals surface area contributed by atoms with Crippen molar-refractivity contribution < 1.29 is 26.4 Å². The number of nitrogens with one attached hydrogen (secondary N) is 1. The van der Waals surface area contributed by atoms with Gasteiger partial charge in [0.15, 0.2) is 11.6 Å². The fourth-order valence-electron chi connectivity index (χ4n) is 3.75. The number of benzene rings is 2. The number of aromatic nitrogens is 2. The predicted octanol–water partition coefficient (Wildman–Crippen LogP) is 3.01. The number of rotatable bonds is 6. The highest BCUT2D eigenvalue weighted by Crippen LogP contribution is 2.25. The van der Waals surface area contributed by atoms with Gasteiger partial charge in [0.05, 0.1) is 16.9 Å². The molecule has 33 heavy (non-hydrogen) atoms. The third-order valence-corrected chi connectivity index (χ3v) is 7.51. The Morgan fingerprint density at radius 2 is 1.79 bits per heavy atom. The van der Waals surface area contributed by atoms with Gasteiger partial charge in [0, 0.05) is 37.9 Å². The van der Waals surface area contributed by atoms with Gasteiger partial charge >= 0.3 is 0 Å². The van der Waals surface area contributed by atoms with Crippen molar-refractivity contribution in [3.05, 3.63) is 78.1 Å². The van der Waals surface area contributed by atoms with Crippen molar-refractivity contribution in [3.8, 4) is 5.69 Å². The van der Waals surface area contributed by atoms with E-state index in [2.05, 4.69) is 10.3 Å². The minimum absolute atomic E-state index is 0.0770. The monoisotopic (exact) mass is 478 g/mol. The molecule has 4 rings (SSSR count). The van der Waals surface area contributed by atoms with Gasteiger partial charge in [-0.05, 0) is 48.7 Å². The van der Waals surface area contributed by atoms with Crippen LogP contribution in [0, 0.1) is 23.4 Å². The molecule has 2 heterocycles. The number of amides is 1. The van der Waals surface area contributed by atoms with Gasteiger partial charge in [-0.1, -0.05) is 6.07 Å². The third kappa shape index (κ3) is 4.93. The fourth-order valence-corrected chi connectivity index (χ4v) is 5.23. The molecule has 0 bridgehead atoms. The standard InChI is InChI=1S/C22H21F3N4O3S/c23-18-3-2-17(12-19(18)24)33(31,32)29-8-5-16(6-9-29)22(30)27-13-15-1-4-21(20(25)11-15)28-10-7-26-14-28/h1-4,7,10-12,14,16H,5-6,8-9,13H2,(H,27,30). The molecule has 1 aliphatic rings. The van der Waals surface area contributed by atoms with Crippen LogP contribution in [0.15, 0.2) is 60.0 Å². The zero-order valence-electron chi connectivity index (χ0n) is 17.4. The fraction of sp³-hybridized carbons (Fsp3) is 0.273. The molecule has 11 heteroatoms. The van der Waals surface area contributed by atoms with E-state index in [1.807, 2.05) is 0 Å². The zero-order valence-corrected chi connectivity index (χ0v) is 18.2. The van der Waals surface area contributed by atoms with E-state index in [1.54, 1.807) is 29.1 Å². The molecule has 1 aliphatic heterocycles. The first-order valence-corrected chi connectivity index (χ1v) is 11.7. The molecule has 1 amide bonds. The van der Waals surface area contributed by atoms with E-state index >= 15 is 0 Å². The molecule has 0 spiro atoms. The largest absolute Gasteiger partial charge is 0.352 e. The van der Waals surface area contributed by atoms with E-state index < -0.39 is 33.4 Å². The van der Waals surface area contributed by atoms with Crippen LogP contribution in [0.25, 0.3) is 5.69 Å². The molecule has 0 atom stereocenters. The van der Waals surface area contributed by atoms with Crippen molar-refractivity contribution in [1.82, 2.24) is 19.2 Å². The number of halogens is 3. The molecule has 1 fully saturated rings. The maximum Gasteiger partial charge on any atom is 0.243 e. The van der Waals surface area contributed by atoms with Crippen molar-refractivity contribution in [1.29, 1.82) is 0 Å². The predicted molar refractivity (Wildman–Crippen MR) is 113 cm³/mol. The molecule has 2 aromatic carbocycles. The second-order valence-electron chi connectivity index (χ2n) is 7.73. The van der Waals surface area contributed by atoms with Crippen molar-refractivity contribution in [3.63, 3.8) is 0 Å². The number of hydrogen-bond donors (Lipinski definition) is 1. The summed E-state index contributed by atoms with van der Waals surface area (Å²) in [4.78, 5) is 16.1. The average molecular weight is 478 g/mol. The zero-order chi connectivity index (χ0) is 23.6. The van der Waals surface area contributed by atoms with Gasteiger partial charge < -0.3 is 9.88 Å². The number of carbonyl (C=O) groups is 1. The lowest BCUT2D eigenvalue weighted by Gasteiger charge is -2.30. The molecule has 0 aliphatic carbocycles. The Labute approximate surface area is 188 Å². The number of hydrogen-bond acceptors (Lipinski definition) is 4. The second-order valence-corrected chi connectivity index (χ2v) is 9.67. The maximum atomic E-state index is 14.4. The van der Waals surface area contributed by atoms with Gasteiger partial charge in [-0.2, -0.15) is 4.31 Å². The Balaban J connectivity index is 1.32. The molecule has 3 aromatic rings. The molecule has 1 N–H and O–H groups in total. The van der Waals surface area contributed by atoms with Crippen molar-refractivity contribution in [2.75, 3.05) is 13.1 Å². The van der Waals surface area contributed by atoms with E-state index in [1.165, 1.54) is 12.4 Å². The van der Waals surface area contributed by atoms with E-state index in [0.29, 0.717) is 17.3 Å². The number of sulfonamides is 1. The van der Waals surface area contributed by atoms with Crippen molar-refractivity contribution >= 4 is 15.9 Å². The number of piperidine rings is 1. The average Bonchev–Trinajstić information content (AvgIpc) is 3.34. The van der Waals surface area contributed by atoms with Gasteiger partial charge in [0.1, 0.15) is 5.82 Å². The summed E-state index contributed by atoms with van der Waals surface area (Å²) >= 11 is 0. The second kappa shape index (κ2) is 9.36. The molecular formula is C22H21F3N4O3S. The molecular weight excluding hydrogens is 457 g/mol. The molecule has 174 valence electrons. The molecule has 1 saturated heterocycles. The van der Waals surface area contributed by atoms with Gasteiger partial charge in [-0.15, -0.1) is 0 Å². The van der Waals surface area contributed by atoms with E-state index in [4.69, 9.17) is 0 Å². The van der Waals surface area contributed by atoms with Gasteiger partial charge in [0.2, 0.25) is 15.9 Å². The Morgan fingerprint density at radius 1 is 1.03 bits per heavy atom. The van der Waals surface area contributed by atoms with Crippen LogP contribution in [0.1, 0.15) is 18.4 Å². The summed E-state index contributed by atoms with van der Waals surface area (Å²) in [5, 5.41) is 2.77. The van der Waals surface area contributed by atoms with Crippen LogP contribution in [0.4, 0.5) is 13.2 Å². The highest BCUT2D eigenvalue weighted by molar-refractivity contribution is 7.89. The lowest BCUT2D eigenvalue weighted by atomic mass is 9.97. The van der Waals surface area contributed by atoms with Crippen LogP contribution in [0.2, 0.25) is 0 Å². The summed E-state index contributed by atoms with van der Waals surface area (Å²) in [5.41, 5.74) is 0.931. The third-order valence-electron chi connectivity index (χ3n) is 5.61. The van der Waals surface area contributed by atoms with Crippen LogP contribution in [0.3, 0.4) is 0 Å². The Hall–Kier alpha value is -3.18. The molecule has 1 aromatic heterocycles. The molecule has 0 radical (unpaired) electrons. The lowest BCUT2D eigenvalue weighted by molar-refractivity contribution is -0.126. The summed E-state index contributed by atoms with van der Waals surface area (Å²) in [6.07, 6.45) is 5.21. The summed E-state index contributed by atoms with van der Waals surface area (Å²) in [6, 6.07) is 7.08. The maximum absolute atomic E-state index is 14.4. The van der Waals surface area contributed by atoms with Crippen LogP contribution in [0.5, 0.6) is 0 Å². The quantitative estimate of drug-likeness (QED) is 0.591. The van der Waals surface area contributed by atoms with Crippen LogP contribution < -0.4 is 5.32 Å². The van der Waals surface area contributed by atoms with Crippen LogP contribution >= 0.6 is 0 Å². The number of carbonyl (C=O) groups excluding carboxylic acids is 1. The Kier molecular flexibility index (Phi) is 6.52. The van der Waals surface area contributed by atoms with E-state index in [-0.39, 0.29) is 43.3 Å². The Morgan fingerprint density at radius 3 is 2.42 bits per heavy atom. The first-order chi connectivity index (χ1) is 15.8. The van der Waals surface area contributed by atoms with Gasteiger partial charge in [-0.3, -0.25) is 4.79 Å². The number of imidazole rings is 1. The Bertz CT molecular complexity index is 1260. The summed E-state index contributed by atoms with van der Waals surface area (Å²) in [7, 11) is -3.99. The topological polar surface area (TPSA) is 84.3 Å². The molecule has 7 nitrogen and oxygen atoms in total. The minimum Gasteiger partial charge on any atom is -0.352 e. The number of nitrogens with zero attached hydrogens (tertiary/aromatic N) is 3. The van der Waals surface area contributed by atoms with Gasteiger partial charge in [0.25, 0.3) is 0 Å². The summed E-state index contributed by atoms with van der Waals surface area (Å²) in [5.74, 6) is -3.47. The van der Waals surface area contributed by atoms with E-state index in [9.17, 15) is 26.4 Å². The lowest BCUT2D eigenvalue weighted by Crippen LogP contribution is -2.42. The smallest absolute Gasteiger partial charge is 0.243 e. The van der Waals surface area contributed by atoms with E-state index in [0.717, 1.165) is 16.4 Å². The SMILES string of the molecule is O=C(NCc1ccc(-n2ccnc2)c(F)c1)C1CCN(S(=O)(=O)c2ccc(F)c(F)c2)CC1. The normalized spacial score (nSPS) is 15.5.